The number of rotatable bonds is 4. The van der Waals surface area contributed by atoms with Gasteiger partial charge in [0.2, 0.25) is 0 Å². The van der Waals surface area contributed by atoms with Crippen molar-refractivity contribution in [1.29, 1.82) is 0 Å². The number of halogens is 1. The molecule has 24 heavy (non-hydrogen) atoms. The van der Waals surface area contributed by atoms with Gasteiger partial charge in [0.15, 0.2) is 0 Å². The molecule has 0 bridgehead atoms. The van der Waals surface area contributed by atoms with Gasteiger partial charge in [0.25, 0.3) is 0 Å². The molecule has 1 aromatic carbocycles. The van der Waals surface area contributed by atoms with Gasteiger partial charge in [-0.3, -0.25) is 4.99 Å². The van der Waals surface area contributed by atoms with Gasteiger partial charge in [0.05, 0.1) is 0 Å². The van der Waals surface area contributed by atoms with Crippen molar-refractivity contribution >= 4 is 23.4 Å². The number of aliphatic imine (C=N–C) groups is 1. The van der Waals surface area contributed by atoms with Crippen LogP contribution in [0.25, 0.3) is 5.57 Å². The predicted octanol–water partition coefficient (Wildman–Crippen LogP) is 5.02. The maximum atomic E-state index is 6.25. The molecule has 1 aliphatic rings. The highest BCUT2D eigenvalue weighted by Crippen LogP contribution is 2.29. The molecule has 1 aliphatic carbocycles. The fraction of sp³-hybridized carbons (Fsp3) is 0.200. The predicted molar refractivity (Wildman–Crippen MR) is 101 cm³/mol. The minimum atomic E-state index is 0.753. The lowest BCUT2D eigenvalue weighted by molar-refractivity contribution is 0.792. The van der Waals surface area contributed by atoms with Crippen LogP contribution in [0.4, 0.5) is 0 Å². The second-order valence-electron chi connectivity index (χ2n) is 5.73. The number of aromatic nitrogens is 2. The molecule has 3 rings (SSSR count). The Hall–Kier alpha value is -2.39. The number of allylic oxidation sites excluding steroid dienone is 6. The first-order valence-electron chi connectivity index (χ1n) is 7.99. The second kappa shape index (κ2) is 7.45. The van der Waals surface area contributed by atoms with Gasteiger partial charge in [-0.2, -0.15) is 0 Å². The molecular formula is C20H20ClN3. The van der Waals surface area contributed by atoms with E-state index >= 15 is 0 Å². The van der Waals surface area contributed by atoms with Gasteiger partial charge >= 0.3 is 0 Å². The Morgan fingerprint density at radius 2 is 2.21 bits per heavy atom. The van der Waals surface area contributed by atoms with E-state index in [0.29, 0.717) is 0 Å². The Bertz CT molecular complexity index is 854. The van der Waals surface area contributed by atoms with E-state index in [-0.39, 0.29) is 0 Å². The summed E-state index contributed by atoms with van der Waals surface area (Å²) in [6, 6.07) is 6.08. The van der Waals surface area contributed by atoms with Gasteiger partial charge in [-0.05, 0) is 54.8 Å². The Balaban J connectivity index is 2.00. The molecule has 2 aromatic rings. The molecule has 1 aromatic heterocycles. The van der Waals surface area contributed by atoms with Crippen molar-refractivity contribution in [2.75, 3.05) is 0 Å². The van der Waals surface area contributed by atoms with Crippen LogP contribution in [-0.4, -0.2) is 15.8 Å². The van der Waals surface area contributed by atoms with Crippen LogP contribution < -0.4 is 0 Å². The third-order valence-electron chi connectivity index (χ3n) is 4.05. The van der Waals surface area contributed by atoms with Crippen molar-refractivity contribution in [3.8, 4) is 0 Å². The highest BCUT2D eigenvalue weighted by Gasteiger charge is 2.14. The molecule has 3 nitrogen and oxygen atoms in total. The topological polar surface area (TPSA) is 30.2 Å². The molecule has 4 heteroatoms. The van der Waals surface area contributed by atoms with Gasteiger partial charge in [-0.1, -0.05) is 29.8 Å². The normalized spacial score (nSPS) is 14.6. The molecule has 0 N–H and O–H groups in total. The first-order chi connectivity index (χ1) is 11.7. The van der Waals surface area contributed by atoms with Crippen LogP contribution in [0.3, 0.4) is 0 Å². The largest absolute Gasteiger partial charge is 0.331 e. The highest BCUT2D eigenvalue weighted by atomic mass is 35.5. The van der Waals surface area contributed by atoms with Crippen LogP contribution in [0.15, 0.2) is 65.6 Å². The van der Waals surface area contributed by atoms with E-state index in [1.807, 2.05) is 56.7 Å². The van der Waals surface area contributed by atoms with E-state index in [2.05, 4.69) is 32.8 Å². The summed E-state index contributed by atoms with van der Waals surface area (Å²) in [7, 11) is 0. The number of hydrogen-bond donors (Lipinski definition) is 0. The fourth-order valence-electron chi connectivity index (χ4n) is 2.75. The average Bonchev–Trinajstić information content (AvgIpc) is 2.89. The summed E-state index contributed by atoms with van der Waals surface area (Å²) < 4.78 is 2.14. The molecular weight excluding hydrogens is 318 g/mol. The zero-order valence-corrected chi connectivity index (χ0v) is 14.7. The van der Waals surface area contributed by atoms with Gasteiger partial charge in [0, 0.05) is 42.3 Å². The summed E-state index contributed by atoms with van der Waals surface area (Å²) in [5.41, 5.74) is 4.67. The van der Waals surface area contributed by atoms with E-state index in [1.54, 1.807) is 0 Å². The van der Waals surface area contributed by atoms with Crippen molar-refractivity contribution in [3.05, 3.63) is 82.6 Å². The molecule has 122 valence electrons. The number of benzene rings is 1. The molecule has 0 aliphatic heterocycles. The molecule has 0 spiro atoms. The van der Waals surface area contributed by atoms with Crippen molar-refractivity contribution in [3.63, 3.8) is 0 Å². The number of nitrogens with zero attached hydrogens (tertiary/aromatic N) is 3. The molecule has 0 radical (unpaired) electrons. The van der Waals surface area contributed by atoms with Crippen LogP contribution in [0, 0.1) is 6.92 Å². The molecule has 0 saturated heterocycles. The summed E-state index contributed by atoms with van der Waals surface area (Å²) in [4.78, 5) is 8.86. The Morgan fingerprint density at radius 1 is 1.33 bits per heavy atom. The van der Waals surface area contributed by atoms with Gasteiger partial charge in [-0.25, -0.2) is 4.98 Å². The zero-order chi connectivity index (χ0) is 16.9. The van der Waals surface area contributed by atoms with Crippen molar-refractivity contribution in [1.82, 2.24) is 9.55 Å². The van der Waals surface area contributed by atoms with E-state index in [0.717, 1.165) is 29.5 Å². The number of fused-ring (bicyclic) bond motifs is 1. The molecule has 0 fully saturated rings. The Morgan fingerprint density at radius 3 is 2.96 bits per heavy atom. The minimum Gasteiger partial charge on any atom is -0.331 e. The summed E-state index contributed by atoms with van der Waals surface area (Å²) in [5, 5.41) is 0.753. The fourth-order valence-corrected chi connectivity index (χ4v) is 2.92. The Labute approximate surface area is 147 Å². The smallest absolute Gasteiger partial charge is 0.105 e. The van der Waals surface area contributed by atoms with Crippen LogP contribution in [0.2, 0.25) is 5.02 Å². The van der Waals surface area contributed by atoms with Crippen LogP contribution in [0.1, 0.15) is 23.9 Å². The maximum absolute atomic E-state index is 6.25. The molecule has 0 amide bonds. The van der Waals surface area contributed by atoms with Gasteiger partial charge < -0.3 is 4.57 Å². The molecule has 0 unspecified atom stereocenters. The average molecular weight is 338 g/mol. The second-order valence-corrected chi connectivity index (χ2v) is 6.17. The first kappa shape index (κ1) is 16.5. The first-order valence-corrected chi connectivity index (χ1v) is 8.37. The monoisotopic (exact) mass is 337 g/mol. The van der Waals surface area contributed by atoms with Gasteiger partial charge in [-0.15, -0.1) is 0 Å². The third kappa shape index (κ3) is 3.74. The summed E-state index contributed by atoms with van der Waals surface area (Å²) in [6.07, 6.45) is 14.6. The van der Waals surface area contributed by atoms with E-state index in [1.165, 1.54) is 16.7 Å². The SMILES string of the molecule is C/C=C\C=NC1=CC=C(Cn2ccnc2C)c2cc(Cl)ccc2C1. The summed E-state index contributed by atoms with van der Waals surface area (Å²) in [5.74, 6) is 0.999. The van der Waals surface area contributed by atoms with Crippen LogP contribution >= 0.6 is 11.6 Å². The summed E-state index contributed by atoms with van der Waals surface area (Å²) >= 11 is 6.25. The number of aryl methyl sites for hydroxylation is 1. The van der Waals surface area contributed by atoms with Crippen molar-refractivity contribution in [2.45, 2.75) is 26.8 Å². The molecule has 1 heterocycles. The quantitative estimate of drug-likeness (QED) is 0.721. The number of imidazole rings is 1. The Kier molecular flexibility index (Phi) is 5.11. The zero-order valence-electron chi connectivity index (χ0n) is 13.9. The van der Waals surface area contributed by atoms with Crippen molar-refractivity contribution < 1.29 is 0 Å². The highest BCUT2D eigenvalue weighted by molar-refractivity contribution is 6.30. The van der Waals surface area contributed by atoms with Crippen molar-refractivity contribution in [2.24, 2.45) is 4.99 Å². The third-order valence-corrected chi connectivity index (χ3v) is 4.28. The standard InChI is InChI=1S/C20H20ClN3/c1-3-4-9-23-19-8-6-17(14-24-11-10-22-15(24)2)20-13-18(21)7-5-16(20)12-19/h3-11,13H,12,14H2,1-2H3/b4-3-,23-9?. The van der Waals surface area contributed by atoms with Crippen LogP contribution in [0.5, 0.6) is 0 Å². The lowest BCUT2D eigenvalue weighted by atomic mass is 9.98. The molecule has 0 saturated carbocycles. The van der Waals surface area contributed by atoms with Gasteiger partial charge in [0.1, 0.15) is 5.82 Å². The van der Waals surface area contributed by atoms with E-state index < -0.39 is 0 Å². The minimum absolute atomic E-state index is 0.753. The van der Waals surface area contributed by atoms with E-state index in [9.17, 15) is 0 Å². The number of hydrogen-bond acceptors (Lipinski definition) is 2. The van der Waals surface area contributed by atoms with E-state index in [4.69, 9.17) is 11.6 Å². The maximum Gasteiger partial charge on any atom is 0.105 e. The summed E-state index contributed by atoms with van der Waals surface area (Å²) in [6.45, 7) is 4.76. The lowest BCUT2D eigenvalue weighted by Gasteiger charge is -2.13. The molecule has 0 atom stereocenters. The lowest BCUT2D eigenvalue weighted by Crippen LogP contribution is -2.03. The van der Waals surface area contributed by atoms with Crippen LogP contribution in [-0.2, 0) is 13.0 Å².